The van der Waals surface area contributed by atoms with Gasteiger partial charge in [0, 0.05) is 25.7 Å². The molecule has 5 atom stereocenters. The van der Waals surface area contributed by atoms with E-state index in [1.165, 1.54) is 32.1 Å². The highest BCUT2D eigenvalue weighted by atomic mass is 31.2. The molecule has 0 aliphatic rings. The molecule has 19 heteroatoms. The van der Waals surface area contributed by atoms with E-state index in [0.29, 0.717) is 25.7 Å². The summed E-state index contributed by atoms with van der Waals surface area (Å²) in [6, 6.07) is 0. The summed E-state index contributed by atoms with van der Waals surface area (Å²) in [4.78, 5) is 73.0. The van der Waals surface area contributed by atoms with E-state index >= 15 is 0 Å². The number of carbonyl (C=O) groups is 4. The molecule has 0 rings (SSSR count). The van der Waals surface area contributed by atoms with Gasteiger partial charge in [-0.1, -0.05) is 271 Å². The maximum Gasteiger partial charge on any atom is 0.472 e. The van der Waals surface area contributed by atoms with Crippen LogP contribution in [0.3, 0.4) is 0 Å². The summed E-state index contributed by atoms with van der Waals surface area (Å²) in [6.45, 7) is 4.55. The Morgan fingerprint density at radius 2 is 0.520 bits per heavy atom. The van der Waals surface area contributed by atoms with Gasteiger partial charge in [-0.15, -0.1) is 0 Å². The van der Waals surface area contributed by atoms with E-state index in [1.54, 1.807) is 0 Å². The molecule has 0 aromatic rings. The Balaban J connectivity index is 5.36. The fraction of sp³-hybridized carbons (Fsp3) is 0.711. The predicted molar refractivity (Wildman–Crippen MR) is 418 cm³/mol. The zero-order valence-electron chi connectivity index (χ0n) is 64.0. The normalized spacial score (nSPS) is 14.5. The van der Waals surface area contributed by atoms with Crippen molar-refractivity contribution in [1.29, 1.82) is 0 Å². The van der Waals surface area contributed by atoms with E-state index < -0.39 is 97.5 Å². The third-order valence-electron chi connectivity index (χ3n) is 16.4. The lowest BCUT2D eigenvalue weighted by Gasteiger charge is -2.21. The highest BCUT2D eigenvalue weighted by Crippen LogP contribution is 2.45. The van der Waals surface area contributed by atoms with Gasteiger partial charge in [0.1, 0.15) is 19.3 Å². The maximum absolute atomic E-state index is 13.1. The first-order valence-corrected chi connectivity index (χ1v) is 42.8. The summed E-state index contributed by atoms with van der Waals surface area (Å²) in [7, 11) is -9.97. The molecule has 0 saturated heterocycles. The molecule has 0 aliphatic carbocycles. The molecule has 5 unspecified atom stereocenters. The van der Waals surface area contributed by atoms with Gasteiger partial charge >= 0.3 is 39.5 Å². The monoisotopic (exact) mass is 1470 g/mol. The Labute approximate surface area is 619 Å². The van der Waals surface area contributed by atoms with Gasteiger partial charge < -0.3 is 33.8 Å². The van der Waals surface area contributed by atoms with Crippen molar-refractivity contribution in [3.63, 3.8) is 0 Å². The molecule has 0 aromatic carbocycles. The van der Waals surface area contributed by atoms with Crippen molar-refractivity contribution < 1.29 is 80.2 Å². The van der Waals surface area contributed by atoms with Crippen LogP contribution in [0.15, 0.2) is 122 Å². The minimum Gasteiger partial charge on any atom is -0.462 e. The van der Waals surface area contributed by atoms with E-state index in [1.807, 2.05) is 0 Å². The average molecular weight is 1470 g/mol. The number of aliphatic hydroxyl groups excluding tert-OH is 1. The van der Waals surface area contributed by atoms with Crippen molar-refractivity contribution in [2.75, 3.05) is 39.6 Å². The number of esters is 4. The SMILES string of the molecule is CC/C=C\C/C=C\C/C=C\CCCCCCCCCC(=O)OC(COC(=O)CCCCCCCC/C=C\C/C=C\C/C=C\CCCCC)COP(=O)(O)OCC(O)COP(=O)(O)OCC(COC(=O)CCCCCCC/C=C\C/C=C\C/C=C\CC)OC(=O)CCCCCCC/C=C\CCCC. The second kappa shape index (κ2) is 74.7. The number of unbranched alkanes of at least 4 members (excludes halogenated alkanes) is 28. The summed E-state index contributed by atoms with van der Waals surface area (Å²) in [5, 5.41) is 10.6. The van der Waals surface area contributed by atoms with Crippen molar-refractivity contribution in [3.05, 3.63) is 122 Å². The fourth-order valence-corrected chi connectivity index (χ4v) is 11.9. The molecule has 17 nitrogen and oxygen atoms in total. The molecule has 0 fully saturated rings. The van der Waals surface area contributed by atoms with Gasteiger partial charge in [0.15, 0.2) is 12.2 Å². The fourth-order valence-electron chi connectivity index (χ4n) is 10.4. The molecular weight excluding hydrogens is 1330 g/mol. The predicted octanol–water partition coefficient (Wildman–Crippen LogP) is 23.1. The van der Waals surface area contributed by atoms with Crippen LogP contribution in [0.2, 0.25) is 0 Å². The van der Waals surface area contributed by atoms with Crippen molar-refractivity contribution in [2.24, 2.45) is 0 Å². The standard InChI is InChI=1S/C83H142O17P2/c1-5-9-13-17-21-25-29-32-35-37-38-40-42-45-49-52-56-60-64-68-81(86)94-74-79(100-83(88)70-66-62-58-54-50-46-43-39-36-33-30-26-22-18-14-10-6-2)76-98-102(91,92)96-72-77(84)71-95-101(89,90)97-75-78(99-82(87)69-65-61-57-53-47-28-24-20-16-12-8-4)73-93-80(85)67-63-59-55-51-48-44-41-34-31-27-23-19-15-11-7-3/h10-11,14-15,20-27,32-36,38,40-41,77-79,84H,5-9,12-13,16-19,28-31,37,39,42-76H2,1-4H3,(H,89,90)(H,91,92)/b14-10-,15-11-,24-20-,25-21-,26-22-,27-23-,35-32-,36-33-,40-38-,41-34-. The van der Waals surface area contributed by atoms with Crippen LogP contribution >= 0.6 is 15.6 Å². The average Bonchev–Trinajstić information content (AvgIpc) is 0.927. The highest BCUT2D eigenvalue weighted by molar-refractivity contribution is 7.47. The van der Waals surface area contributed by atoms with Crippen LogP contribution in [-0.4, -0.2) is 96.7 Å². The Morgan fingerprint density at radius 1 is 0.284 bits per heavy atom. The van der Waals surface area contributed by atoms with Crippen LogP contribution in [-0.2, 0) is 65.4 Å². The third-order valence-corrected chi connectivity index (χ3v) is 18.3. The van der Waals surface area contributed by atoms with Gasteiger partial charge in [-0.05, 0) is 148 Å². The van der Waals surface area contributed by atoms with Gasteiger partial charge in [0.25, 0.3) is 0 Å². The largest absolute Gasteiger partial charge is 0.472 e. The van der Waals surface area contributed by atoms with E-state index in [0.717, 1.165) is 212 Å². The van der Waals surface area contributed by atoms with E-state index in [9.17, 15) is 43.2 Å². The van der Waals surface area contributed by atoms with Gasteiger partial charge in [0.05, 0.1) is 26.4 Å². The molecule has 0 heterocycles. The number of phosphoric ester groups is 2. The first-order valence-electron chi connectivity index (χ1n) is 39.8. The number of rotatable bonds is 74. The molecule has 586 valence electrons. The summed E-state index contributed by atoms with van der Waals surface area (Å²) < 4.78 is 68.5. The van der Waals surface area contributed by atoms with E-state index in [2.05, 4.69) is 149 Å². The summed E-state index contributed by atoms with van der Waals surface area (Å²) in [5.41, 5.74) is 0. The first-order chi connectivity index (χ1) is 49.7. The minimum atomic E-state index is -4.99. The van der Waals surface area contributed by atoms with Gasteiger partial charge in [0.2, 0.25) is 0 Å². The zero-order chi connectivity index (χ0) is 74.6. The summed E-state index contributed by atoms with van der Waals surface area (Å²) in [6.07, 6.45) is 81.8. The number of aliphatic hydroxyl groups is 1. The van der Waals surface area contributed by atoms with Crippen LogP contribution in [0.25, 0.3) is 0 Å². The van der Waals surface area contributed by atoms with Crippen LogP contribution in [0, 0.1) is 0 Å². The first kappa shape index (κ1) is 97.5. The highest BCUT2D eigenvalue weighted by Gasteiger charge is 2.30. The lowest BCUT2D eigenvalue weighted by atomic mass is 10.1. The molecule has 3 N–H and O–H groups in total. The van der Waals surface area contributed by atoms with Gasteiger partial charge in [-0.3, -0.25) is 37.3 Å². The number of allylic oxidation sites excluding steroid dienone is 20. The van der Waals surface area contributed by atoms with Gasteiger partial charge in [-0.25, -0.2) is 9.13 Å². The molecule has 102 heavy (non-hydrogen) atoms. The van der Waals surface area contributed by atoms with E-state index in [-0.39, 0.29) is 25.7 Å². The minimum absolute atomic E-state index is 0.0784. The molecule has 0 amide bonds. The molecule has 0 radical (unpaired) electrons. The molecule has 0 spiro atoms. The number of hydrogen-bond acceptors (Lipinski definition) is 15. The Hall–Kier alpha value is -4.54. The topological polar surface area (TPSA) is 237 Å². The van der Waals surface area contributed by atoms with Gasteiger partial charge in [-0.2, -0.15) is 0 Å². The van der Waals surface area contributed by atoms with Crippen LogP contribution in [0.4, 0.5) is 0 Å². The van der Waals surface area contributed by atoms with Crippen LogP contribution in [0.1, 0.15) is 323 Å². The van der Waals surface area contributed by atoms with Crippen molar-refractivity contribution in [2.45, 2.75) is 341 Å². The number of ether oxygens (including phenoxy) is 4. The summed E-state index contributed by atoms with van der Waals surface area (Å²) in [5.74, 6) is -2.22. The quantitative estimate of drug-likeness (QED) is 0.0169. The Morgan fingerprint density at radius 3 is 0.824 bits per heavy atom. The van der Waals surface area contributed by atoms with Crippen molar-refractivity contribution in [3.8, 4) is 0 Å². The Bertz CT molecular complexity index is 2410. The Kier molecular flexibility index (Phi) is 71.4. The molecule has 0 aromatic heterocycles. The third kappa shape index (κ3) is 73.8. The molecular formula is C83H142O17P2. The molecule has 0 bridgehead atoms. The lowest BCUT2D eigenvalue weighted by molar-refractivity contribution is -0.161. The lowest BCUT2D eigenvalue weighted by Crippen LogP contribution is -2.30. The van der Waals surface area contributed by atoms with Crippen molar-refractivity contribution >= 4 is 39.5 Å². The summed E-state index contributed by atoms with van der Waals surface area (Å²) >= 11 is 0. The number of phosphoric acid groups is 2. The zero-order valence-corrected chi connectivity index (χ0v) is 65.8. The second-order valence-corrected chi connectivity index (χ2v) is 29.1. The van der Waals surface area contributed by atoms with E-state index in [4.69, 9.17) is 37.0 Å². The number of carbonyl (C=O) groups excluding carboxylic acids is 4. The van der Waals surface area contributed by atoms with Crippen LogP contribution < -0.4 is 0 Å². The van der Waals surface area contributed by atoms with Crippen molar-refractivity contribution in [1.82, 2.24) is 0 Å². The molecule has 0 saturated carbocycles. The maximum atomic E-state index is 13.1. The number of hydrogen-bond donors (Lipinski definition) is 3. The smallest absolute Gasteiger partial charge is 0.462 e. The van der Waals surface area contributed by atoms with Crippen LogP contribution in [0.5, 0.6) is 0 Å². The second-order valence-electron chi connectivity index (χ2n) is 26.2. The molecule has 0 aliphatic heterocycles.